The first-order chi connectivity index (χ1) is 8.77. The number of nitrogens with zero attached hydrogens (tertiary/aromatic N) is 1. The largest absolute Gasteiger partial charge is 0.260 e. The molecule has 0 fully saturated rings. The quantitative estimate of drug-likeness (QED) is 0.884. The summed E-state index contributed by atoms with van der Waals surface area (Å²) in [6.07, 6.45) is 1.50. The number of rotatable bonds is 5. The highest BCUT2D eigenvalue weighted by Crippen LogP contribution is 2.22. The number of nitrogens with one attached hydrogen (secondary N) is 1. The normalized spacial score (nSPS) is 14.6. The van der Waals surface area contributed by atoms with Gasteiger partial charge in [0.05, 0.1) is 16.7 Å². The predicted octanol–water partition coefficient (Wildman–Crippen LogP) is 1.26. The zero-order valence-corrected chi connectivity index (χ0v) is 12.8. The summed E-state index contributed by atoms with van der Waals surface area (Å²) in [4.78, 5) is -0.151. The summed E-state index contributed by atoms with van der Waals surface area (Å²) < 4.78 is 37.6. The molecule has 5 nitrogen and oxygen atoms in total. The number of benzene rings is 1. The number of sulfonamides is 1. The Morgan fingerprint density at radius 1 is 1.53 bits per heavy atom. The standard InChI is InChI=1S/C11H13ClN2O3S2/c1-8(18(2)15)7-14-19(16,17)11-5-9(6-13)3-4-10(11)12/h3-5,8,14H,7H2,1-2H3. The molecule has 0 saturated heterocycles. The van der Waals surface area contributed by atoms with E-state index in [1.807, 2.05) is 6.07 Å². The van der Waals surface area contributed by atoms with Gasteiger partial charge >= 0.3 is 0 Å². The second-order valence-electron chi connectivity index (χ2n) is 3.92. The molecule has 2 atom stereocenters. The van der Waals surface area contributed by atoms with E-state index in [0.29, 0.717) is 0 Å². The average Bonchev–Trinajstić information content (AvgIpc) is 2.36. The summed E-state index contributed by atoms with van der Waals surface area (Å²) in [5.74, 6) is 0. The van der Waals surface area contributed by atoms with Crippen molar-refractivity contribution in [3.05, 3.63) is 28.8 Å². The highest BCUT2D eigenvalue weighted by atomic mass is 35.5. The molecule has 0 aliphatic carbocycles. The summed E-state index contributed by atoms with van der Waals surface area (Å²) in [5, 5.41) is 8.49. The molecule has 0 saturated carbocycles. The van der Waals surface area contributed by atoms with Gasteiger partial charge in [0.1, 0.15) is 4.90 Å². The third kappa shape index (κ3) is 4.28. The van der Waals surface area contributed by atoms with Gasteiger partial charge < -0.3 is 0 Å². The molecule has 8 heteroatoms. The van der Waals surface area contributed by atoms with Crippen molar-refractivity contribution >= 4 is 32.4 Å². The Balaban J connectivity index is 3.01. The zero-order valence-electron chi connectivity index (χ0n) is 10.4. The fourth-order valence-corrected chi connectivity index (χ4v) is 3.28. The maximum atomic E-state index is 12.0. The fraction of sp³-hybridized carbons (Fsp3) is 0.364. The molecule has 0 aliphatic rings. The van der Waals surface area contributed by atoms with E-state index in [1.165, 1.54) is 24.5 Å². The van der Waals surface area contributed by atoms with Crippen LogP contribution in [0.3, 0.4) is 0 Å². The van der Waals surface area contributed by atoms with Crippen LogP contribution in [0.4, 0.5) is 0 Å². The van der Waals surface area contributed by atoms with Crippen molar-refractivity contribution < 1.29 is 12.6 Å². The lowest BCUT2D eigenvalue weighted by Gasteiger charge is -2.11. The molecule has 0 aliphatic heterocycles. The zero-order chi connectivity index (χ0) is 14.6. The highest BCUT2D eigenvalue weighted by molar-refractivity contribution is 7.89. The predicted molar refractivity (Wildman–Crippen MR) is 74.9 cm³/mol. The number of nitriles is 1. The lowest BCUT2D eigenvalue weighted by molar-refractivity contribution is 0.580. The van der Waals surface area contributed by atoms with E-state index in [1.54, 1.807) is 6.92 Å². The SMILES string of the molecule is CC(CNS(=O)(=O)c1cc(C#N)ccc1Cl)S(C)=O. The molecular formula is C11H13ClN2O3S2. The van der Waals surface area contributed by atoms with E-state index in [0.717, 1.165) is 0 Å². The van der Waals surface area contributed by atoms with Crippen LogP contribution < -0.4 is 4.72 Å². The van der Waals surface area contributed by atoms with Crippen molar-refractivity contribution in [3.63, 3.8) is 0 Å². The second kappa shape index (κ2) is 6.48. The van der Waals surface area contributed by atoms with Crippen molar-refractivity contribution in [2.45, 2.75) is 17.1 Å². The molecule has 2 unspecified atom stereocenters. The Labute approximate surface area is 120 Å². The average molecular weight is 321 g/mol. The first-order valence-corrected chi connectivity index (χ1v) is 8.77. The third-order valence-electron chi connectivity index (χ3n) is 2.48. The fourth-order valence-electron chi connectivity index (χ4n) is 1.20. The van der Waals surface area contributed by atoms with E-state index in [2.05, 4.69) is 4.72 Å². The number of hydrogen-bond acceptors (Lipinski definition) is 4. The van der Waals surface area contributed by atoms with Crippen LogP contribution in [-0.4, -0.2) is 30.7 Å². The summed E-state index contributed by atoms with van der Waals surface area (Å²) in [7, 11) is -4.94. The van der Waals surface area contributed by atoms with E-state index < -0.39 is 20.8 Å². The molecular weight excluding hydrogens is 308 g/mol. The smallest absolute Gasteiger partial charge is 0.242 e. The van der Waals surface area contributed by atoms with Gasteiger partial charge in [0, 0.05) is 28.9 Å². The van der Waals surface area contributed by atoms with Gasteiger partial charge in [-0.2, -0.15) is 5.26 Å². The van der Waals surface area contributed by atoms with Crippen molar-refractivity contribution in [1.82, 2.24) is 4.72 Å². The summed E-state index contributed by atoms with van der Waals surface area (Å²) in [6, 6.07) is 5.85. The van der Waals surface area contributed by atoms with Crippen LogP contribution in [0.15, 0.2) is 23.1 Å². The summed E-state index contributed by atoms with van der Waals surface area (Å²) in [5.41, 5.74) is 0.205. The monoisotopic (exact) mass is 320 g/mol. The van der Waals surface area contributed by atoms with Crippen LogP contribution >= 0.6 is 11.6 Å². The van der Waals surface area contributed by atoms with Gasteiger partial charge in [-0.25, -0.2) is 13.1 Å². The van der Waals surface area contributed by atoms with Crippen LogP contribution in [0.25, 0.3) is 0 Å². The molecule has 104 valence electrons. The van der Waals surface area contributed by atoms with E-state index in [4.69, 9.17) is 16.9 Å². The Morgan fingerprint density at radius 3 is 2.68 bits per heavy atom. The minimum absolute atomic E-state index is 0.0387. The Hall–Kier alpha value is -0.940. The van der Waals surface area contributed by atoms with Gasteiger partial charge in [-0.05, 0) is 25.1 Å². The first-order valence-electron chi connectivity index (χ1n) is 5.29. The van der Waals surface area contributed by atoms with Crippen LogP contribution in [-0.2, 0) is 20.8 Å². The molecule has 0 spiro atoms. The Bertz CT molecular complexity index is 638. The van der Waals surface area contributed by atoms with Crippen molar-refractivity contribution in [1.29, 1.82) is 5.26 Å². The minimum atomic E-state index is -3.82. The molecule has 0 radical (unpaired) electrons. The molecule has 0 amide bonds. The van der Waals surface area contributed by atoms with Crippen LogP contribution in [0.2, 0.25) is 5.02 Å². The van der Waals surface area contributed by atoms with Gasteiger partial charge in [-0.15, -0.1) is 0 Å². The molecule has 1 N–H and O–H groups in total. The lowest BCUT2D eigenvalue weighted by atomic mass is 10.2. The molecule has 19 heavy (non-hydrogen) atoms. The van der Waals surface area contributed by atoms with Gasteiger partial charge in [-0.1, -0.05) is 11.6 Å². The van der Waals surface area contributed by atoms with Crippen LogP contribution in [0.1, 0.15) is 12.5 Å². The Morgan fingerprint density at radius 2 is 2.16 bits per heavy atom. The van der Waals surface area contributed by atoms with Gasteiger partial charge in [0.25, 0.3) is 0 Å². The van der Waals surface area contributed by atoms with Gasteiger partial charge in [-0.3, -0.25) is 4.21 Å². The lowest BCUT2D eigenvalue weighted by Crippen LogP contribution is -2.32. The number of hydrogen-bond donors (Lipinski definition) is 1. The van der Waals surface area contributed by atoms with Crippen LogP contribution in [0.5, 0.6) is 0 Å². The van der Waals surface area contributed by atoms with E-state index >= 15 is 0 Å². The maximum absolute atomic E-state index is 12.0. The Kier molecular flexibility index (Phi) is 5.50. The molecule has 1 aromatic carbocycles. The van der Waals surface area contributed by atoms with E-state index in [9.17, 15) is 12.6 Å². The molecule has 1 aromatic rings. The molecule has 1 rings (SSSR count). The van der Waals surface area contributed by atoms with Crippen molar-refractivity contribution in [2.24, 2.45) is 0 Å². The minimum Gasteiger partial charge on any atom is -0.260 e. The molecule has 0 heterocycles. The second-order valence-corrected chi connectivity index (χ2v) is 7.86. The maximum Gasteiger partial charge on any atom is 0.242 e. The molecule has 0 aromatic heterocycles. The van der Waals surface area contributed by atoms with Crippen molar-refractivity contribution in [3.8, 4) is 6.07 Å². The van der Waals surface area contributed by atoms with Gasteiger partial charge in [0.15, 0.2) is 0 Å². The molecule has 0 bridgehead atoms. The third-order valence-corrected chi connectivity index (χ3v) is 5.68. The highest BCUT2D eigenvalue weighted by Gasteiger charge is 2.20. The van der Waals surface area contributed by atoms with Crippen LogP contribution in [0, 0.1) is 11.3 Å². The topological polar surface area (TPSA) is 87.0 Å². The first kappa shape index (κ1) is 16.1. The van der Waals surface area contributed by atoms with Crippen molar-refractivity contribution in [2.75, 3.05) is 12.8 Å². The van der Waals surface area contributed by atoms with E-state index in [-0.39, 0.29) is 27.3 Å². The van der Waals surface area contributed by atoms with Gasteiger partial charge in [0.2, 0.25) is 10.0 Å². The number of halogens is 1. The summed E-state index contributed by atoms with van der Waals surface area (Å²) in [6.45, 7) is 1.71. The summed E-state index contributed by atoms with van der Waals surface area (Å²) >= 11 is 5.83.